The number of phenols is 3. The van der Waals surface area contributed by atoms with Crippen LogP contribution in [0.2, 0.25) is 0 Å². The zero-order valence-corrected chi connectivity index (χ0v) is 27.8. The Bertz CT molecular complexity index is 1630. The molecule has 1 fully saturated rings. The molecule has 4 aromatic rings. The van der Waals surface area contributed by atoms with Crippen LogP contribution >= 0.6 is 0 Å². The molecule has 49 heavy (non-hydrogen) atoms. The summed E-state index contributed by atoms with van der Waals surface area (Å²) in [6.45, 7) is 0.706. The molecule has 0 bridgehead atoms. The van der Waals surface area contributed by atoms with Gasteiger partial charge in [-0.05, 0) is 104 Å². The Balaban J connectivity index is 1.26. The number of nitrogens with two attached hydrogens (primary N) is 1. The van der Waals surface area contributed by atoms with Crippen LogP contribution in [0.1, 0.15) is 66.7 Å². The third-order valence-corrected chi connectivity index (χ3v) is 9.21. The van der Waals surface area contributed by atoms with Crippen molar-refractivity contribution in [2.75, 3.05) is 13.3 Å². The maximum absolute atomic E-state index is 13.0. The molecular weight excluding hydrogens is 620 g/mol. The van der Waals surface area contributed by atoms with E-state index < -0.39 is 6.10 Å². The molecule has 1 saturated heterocycles. The Kier molecular flexibility index (Phi) is 12.9. The lowest BCUT2D eigenvalue weighted by Gasteiger charge is -2.31. The Morgan fingerprint density at radius 1 is 0.857 bits per heavy atom. The number of piperidine rings is 1. The van der Waals surface area contributed by atoms with Gasteiger partial charge < -0.3 is 35.2 Å². The summed E-state index contributed by atoms with van der Waals surface area (Å²) in [7, 11) is 0. The van der Waals surface area contributed by atoms with E-state index in [0.29, 0.717) is 19.3 Å². The molecule has 1 heterocycles. The fourth-order valence-corrected chi connectivity index (χ4v) is 6.63. The minimum absolute atomic E-state index is 0.0165. The van der Waals surface area contributed by atoms with Gasteiger partial charge in [-0.3, -0.25) is 10.5 Å². The van der Waals surface area contributed by atoms with Crippen molar-refractivity contribution in [1.82, 2.24) is 5.32 Å². The molecule has 0 saturated carbocycles. The number of carbonyl (C=O) groups excluding carboxylic acids is 1. The highest BCUT2D eigenvalue weighted by Gasteiger charge is 2.27. The zero-order valence-electron chi connectivity index (χ0n) is 27.8. The number of Topliss-reactive ketones (excluding diaryl/α,β-unsaturated/α-hetero) is 1. The topological polar surface area (TPSA) is 154 Å². The monoisotopic (exact) mass is 668 g/mol. The van der Waals surface area contributed by atoms with Gasteiger partial charge in [-0.2, -0.15) is 0 Å². The number of rotatable bonds is 17. The molecule has 0 amide bonds. The first-order valence-electron chi connectivity index (χ1n) is 17.2. The van der Waals surface area contributed by atoms with Crippen molar-refractivity contribution in [1.29, 1.82) is 0 Å². The van der Waals surface area contributed by atoms with Crippen LogP contribution in [0.4, 0.5) is 0 Å². The van der Waals surface area contributed by atoms with Crippen LogP contribution in [-0.2, 0) is 24.1 Å². The molecule has 0 aliphatic carbocycles. The Hall–Kier alpha value is -4.57. The van der Waals surface area contributed by atoms with Crippen molar-refractivity contribution in [3.05, 3.63) is 113 Å². The molecule has 4 unspecified atom stereocenters. The number of hydrogen-bond acceptors (Lipinski definition) is 9. The third-order valence-electron chi connectivity index (χ3n) is 9.21. The lowest BCUT2D eigenvalue weighted by molar-refractivity contribution is -0.121. The van der Waals surface area contributed by atoms with E-state index in [2.05, 4.69) is 29.6 Å². The van der Waals surface area contributed by atoms with Gasteiger partial charge in [0.1, 0.15) is 18.6 Å². The molecule has 4 atom stereocenters. The largest absolute Gasteiger partial charge is 0.504 e. The molecule has 0 radical (unpaired) electrons. The number of carbonyl (C=O) groups is 1. The molecule has 1 aliphatic heterocycles. The van der Waals surface area contributed by atoms with Crippen LogP contribution in [0.5, 0.6) is 28.7 Å². The van der Waals surface area contributed by atoms with Crippen molar-refractivity contribution in [3.63, 3.8) is 0 Å². The van der Waals surface area contributed by atoms with Gasteiger partial charge in [0.2, 0.25) is 5.75 Å². The van der Waals surface area contributed by atoms with E-state index in [0.717, 1.165) is 48.9 Å². The fourth-order valence-electron chi connectivity index (χ4n) is 6.63. The average molecular weight is 669 g/mol. The second-order valence-electron chi connectivity index (χ2n) is 13.0. The summed E-state index contributed by atoms with van der Waals surface area (Å²) in [5, 5.41) is 46.3. The SMILES string of the molecule is NCOc1cc(CCC(=O)CC(O)CC(CCc2ccccc2)c2cc(O)c(O)c(OC3CCNC(Cc4ccccc4)C3)c2)ccc1O. The van der Waals surface area contributed by atoms with Gasteiger partial charge in [0, 0.05) is 18.9 Å². The van der Waals surface area contributed by atoms with E-state index in [1.165, 1.54) is 11.6 Å². The van der Waals surface area contributed by atoms with Crippen LogP contribution in [0, 0.1) is 0 Å². The van der Waals surface area contributed by atoms with E-state index in [-0.39, 0.29) is 72.2 Å². The number of ketones is 1. The molecule has 9 heteroatoms. The highest BCUT2D eigenvalue weighted by molar-refractivity contribution is 5.79. The van der Waals surface area contributed by atoms with Gasteiger partial charge in [-0.1, -0.05) is 66.7 Å². The van der Waals surface area contributed by atoms with Gasteiger partial charge in [0.25, 0.3) is 0 Å². The molecule has 260 valence electrons. The third kappa shape index (κ3) is 10.7. The molecule has 0 spiro atoms. The second-order valence-corrected chi connectivity index (χ2v) is 13.0. The molecule has 4 aromatic carbocycles. The van der Waals surface area contributed by atoms with Crippen LogP contribution in [0.3, 0.4) is 0 Å². The summed E-state index contributed by atoms with van der Waals surface area (Å²) < 4.78 is 11.6. The van der Waals surface area contributed by atoms with Gasteiger partial charge in [-0.25, -0.2) is 0 Å². The smallest absolute Gasteiger partial charge is 0.200 e. The molecule has 1 aliphatic rings. The van der Waals surface area contributed by atoms with Crippen LogP contribution in [-0.4, -0.2) is 57.7 Å². The lowest BCUT2D eigenvalue weighted by Crippen LogP contribution is -2.43. The van der Waals surface area contributed by atoms with Gasteiger partial charge >= 0.3 is 0 Å². The van der Waals surface area contributed by atoms with Crippen molar-refractivity contribution in [2.45, 2.75) is 82.0 Å². The van der Waals surface area contributed by atoms with Crippen molar-refractivity contribution in [2.24, 2.45) is 5.73 Å². The average Bonchev–Trinajstić information content (AvgIpc) is 3.10. The Morgan fingerprint density at radius 3 is 2.33 bits per heavy atom. The number of phenolic OH excluding ortho intramolecular Hbond substituents is 3. The fraction of sp³-hybridized carbons (Fsp3) is 0.375. The second kappa shape index (κ2) is 17.7. The zero-order chi connectivity index (χ0) is 34.6. The molecule has 9 nitrogen and oxygen atoms in total. The van der Waals surface area contributed by atoms with Gasteiger partial charge in [0.05, 0.1) is 6.10 Å². The van der Waals surface area contributed by atoms with E-state index in [9.17, 15) is 25.2 Å². The lowest BCUT2D eigenvalue weighted by atomic mass is 9.86. The number of aliphatic hydroxyl groups excluding tert-OH is 1. The highest BCUT2D eigenvalue weighted by Crippen LogP contribution is 2.42. The van der Waals surface area contributed by atoms with E-state index in [1.54, 1.807) is 24.3 Å². The number of aliphatic hydroxyl groups is 1. The van der Waals surface area contributed by atoms with Gasteiger partial charge in [0.15, 0.2) is 23.0 Å². The van der Waals surface area contributed by atoms with Crippen molar-refractivity contribution >= 4 is 5.78 Å². The molecule has 0 aromatic heterocycles. The van der Waals surface area contributed by atoms with Crippen LogP contribution in [0.15, 0.2) is 91.0 Å². The summed E-state index contributed by atoms with van der Waals surface area (Å²) >= 11 is 0. The van der Waals surface area contributed by atoms with Crippen molar-refractivity contribution < 1.29 is 34.7 Å². The molecule has 5 rings (SSSR count). The first-order valence-corrected chi connectivity index (χ1v) is 17.2. The number of benzene rings is 4. The van der Waals surface area contributed by atoms with E-state index >= 15 is 0 Å². The minimum atomic E-state index is -0.910. The van der Waals surface area contributed by atoms with Crippen LogP contribution in [0.25, 0.3) is 0 Å². The summed E-state index contributed by atoms with van der Waals surface area (Å²) in [6, 6.07) is 28.8. The first kappa shape index (κ1) is 35.7. The predicted octanol–water partition coefficient (Wildman–Crippen LogP) is 5.90. The first-order chi connectivity index (χ1) is 23.8. The number of aryl methyl sites for hydroxylation is 2. The number of nitrogens with one attached hydrogen (secondary N) is 1. The van der Waals surface area contributed by atoms with Crippen molar-refractivity contribution in [3.8, 4) is 28.7 Å². The predicted molar refractivity (Wildman–Crippen MR) is 189 cm³/mol. The number of hydrogen-bond donors (Lipinski definition) is 6. The summed E-state index contributed by atoms with van der Waals surface area (Å²) in [6.07, 6.45) is 3.64. The number of ether oxygens (including phenoxy) is 2. The highest BCUT2D eigenvalue weighted by atomic mass is 16.5. The van der Waals surface area contributed by atoms with E-state index in [4.69, 9.17) is 15.2 Å². The molecular formula is C40H48N2O7. The maximum Gasteiger partial charge on any atom is 0.200 e. The minimum Gasteiger partial charge on any atom is -0.504 e. The van der Waals surface area contributed by atoms with Crippen LogP contribution < -0.4 is 20.5 Å². The quantitative estimate of drug-likeness (QED) is 0.0596. The van der Waals surface area contributed by atoms with Gasteiger partial charge in [-0.15, -0.1) is 0 Å². The maximum atomic E-state index is 13.0. The summed E-state index contributed by atoms with van der Waals surface area (Å²) in [5.41, 5.74) is 9.37. The summed E-state index contributed by atoms with van der Waals surface area (Å²) in [4.78, 5) is 13.0. The standard InChI is InChI=1S/C40H48N2O7/c41-26-48-38-20-29(13-16-36(38)45)12-15-33(43)25-34(44)21-30(14-11-27-7-3-1-4-8-27)31-22-37(46)40(47)39(23-31)49-35-17-18-42-32(24-35)19-28-9-5-2-6-10-28/h1-10,13,16,20,22-23,30,32,34-35,42,44-47H,11-12,14-15,17-19,21,24-26,41H2. The summed E-state index contributed by atoms with van der Waals surface area (Å²) in [5.74, 6) is -0.405. The molecule has 7 N–H and O–H groups in total. The Labute approximate surface area is 288 Å². The van der Waals surface area contributed by atoms with E-state index in [1.807, 2.05) is 36.4 Å². The normalized spacial score (nSPS) is 17.3. The number of aromatic hydroxyl groups is 3. The Morgan fingerprint density at radius 2 is 1.59 bits per heavy atom.